The largest absolute Gasteiger partial charge is 0.339 e. The van der Waals surface area contributed by atoms with Crippen molar-refractivity contribution in [2.45, 2.75) is 25.3 Å². The molecule has 104 valence electrons. The van der Waals surface area contributed by atoms with E-state index >= 15 is 0 Å². The molecule has 0 saturated carbocycles. The van der Waals surface area contributed by atoms with Crippen molar-refractivity contribution in [1.82, 2.24) is 10.2 Å². The first-order chi connectivity index (χ1) is 8.93. The molecule has 0 spiro atoms. The van der Waals surface area contributed by atoms with Crippen LogP contribution < -0.4 is 5.32 Å². The minimum atomic E-state index is 0.111. The third kappa shape index (κ3) is 3.58. The van der Waals surface area contributed by atoms with Crippen molar-refractivity contribution in [3.63, 3.8) is 0 Å². The van der Waals surface area contributed by atoms with Crippen LogP contribution in [0.3, 0.4) is 0 Å². The monoisotopic (exact) mass is 388 g/mol. The van der Waals surface area contributed by atoms with Crippen LogP contribution in [0.25, 0.3) is 0 Å². The Morgan fingerprint density at radius 1 is 1.21 bits per heavy atom. The molecule has 0 aromatic heterocycles. The van der Waals surface area contributed by atoms with Gasteiger partial charge in [0.25, 0.3) is 5.91 Å². The van der Waals surface area contributed by atoms with Gasteiger partial charge in [0, 0.05) is 33.1 Å². The number of hydrogen-bond acceptors (Lipinski definition) is 2. The molecule has 19 heavy (non-hydrogen) atoms. The maximum absolute atomic E-state index is 12.5. The van der Waals surface area contributed by atoms with Gasteiger partial charge in [-0.05, 0) is 45.0 Å². The first-order valence-electron chi connectivity index (χ1n) is 6.38. The van der Waals surface area contributed by atoms with Crippen molar-refractivity contribution >= 4 is 37.8 Å². The van der Waals surface area contributed by atoms with E-state index in [0.717, 1.165) is 40.4 Å². The Morgan fingerprint density at radius 3 is 2.21 bits per heavy atom. The summed E-state index contributed by atoms with van der Waals surface area (Å²) in [5.74, 6) is 0.111. The molecule has 1 saturated heterocycles. The molecule has 1 amide bonds. The summed E-state index contributed by atoms with van der Waals surface area (Å²) in [6.45, 7) is 3.82. The lowest BCUT2D eigenvalue weighted by Crippen LogP contribution is -2.51. The molecule has 3 nitrogen and oxygen atoms in total. The fraction of sp³-hybridized carbons (Fsp3) is 0.500. The second-order valence-corrected chi connectivity index (χ2v) is 7.09. The molecule has 1 N–H and O–H groups in total. The molecule has 5 heteroatoms. The number of benzene rings is 1. The van der Waals surface area contributed by atoms with Crippen LogP contribution >= 0.6 is 31.9 Å². The molecule has 0 bridgehead atoms. The van der Waals surface area contributed by atoms with Gasteiger partial charge in [-0.25, -0.2) is 0 Å². The summed E-state index contributed by atoms with van der Waals surface area (Å²) in [5, 5.41) is 3.34. The van der Waals surface area contributed by atoms with E-state index in [1.165, 1.54) is 0 Å². The van der Waals surface area contributed by atoms with Gasteiger partial charge >= 0.3 is 0 Å². The topological polar surface area (TPSA) is 32.3 Å². The number of carbonyl (C=O) groups excluding carboxylic acids is 1. The highest BCUT2D eigenvalue weighted by atomic mass is 79.9. The lowest BCUT2D eigenvalue weighted by molar-refractivity contribution is 0.0661. The molecule has 0 aliphatic carbocycles. The third-order valence-corrected chi connectivity index (χ3v) is 4.78. The zero-order valence-corrected chi connectivity index (χ0v) is 14.3. The molecular formula is C14H18Br2N2O. The zero-order chi connectivity index (χ0) is 14.0. The van der Waals surface area contributed by atoms with Gasteiger partial charge in [-0.15, -0.1) is 0 Å². The highest BCUT2D eigenvalue weighted by Gasteiger charge is 2.30. The van der Waals surface area contributed by atoms with Crippen LogP contribution in [-0.4, -0.2) is 36.5 Å². The Morgan fingerprint density at radius 2 is 1.74 bits per heavy atom. The number of piperidine rings is 1. The second kappa shape index (κ2) is 5.94. The summed E-state index contributed by atoms with van der Waals surface area (Å²) in [4.78, 5) is 14.4. The predicted octanol–water partition coefficient (Wildman–Crippen LogP) is 3.43. The quantitative estimate of drug-likeness (QED) is 0.840. The van der Waals surface area contributed by atoms with Crippen molar-refractivity contribution in [2.24, 2.45) is 0 Å². The van der Waals surface area contributed by atoms with Crippen molar-refractivity contribution in [3.05, 3.63) is 32.7 Å². The molecule has 2 rings (SSSR count). The minimum absolute atomic E-state index is 0.111. The predicted molar refractivity (Wildman–Crippen MR) is 84.4 cm³/mol. The van der Waals surface area contributed by atoms with E-state index in [9.17, 15) is 4.79 Å². The molecule has 1 fully saturated rings. The SMILES string of the molecule is CNC1(C)CCN(C(=O)c2cc(Br)cc(Br)c2)CC1. The standard InChI is InChI=1S/C14H18Br2N2O/c1-14(17-2)3-5-18(6-4-14)13(19)10-7-11(15)9-12(16)8-10/h7-9,17H,3-6H2,1-2H3. The number of amides is 1. The van der Waals surface area contributed by atoms with E-state index in [4.69, 9.17) is 0 Å². The molecule has 0 atom stereocenters. The maximum Gasteiger partial charge on any atom is 0.253 e. The summed E-state index contributed by atoms with van der Waals surface area (Å²) in [6.07, 6.45) is 1.98. The second-order valence-electron chi connectivity index (χ2n) is 5.26. The van der Waals surface area contributed by atoms with E-state index in [0.29, 0.717) is 0 Å². The number of likely N-dealkylation sites (tertiary alicyclic amines) is 1. The zero-order valence-electron chi connectivity index (χ0n) is 11.2. The van der Waals surface area contributed by atoms with Crippen molar-refractivity contribution in [3.8, 4) is 0 Å². The first kappa shape index (κ1) is 15.0. The van der Waals surface area contributed by atoms with Crippen LogP contribution in [0, 0.1) is 0 Å². The van der Waals surface area contributed by atoms with Gasteiger partial charge in [0.1, 0.15) is 0 Å². The van der Waals surface area contributed by atoms with Crippen LogP contribution in [0.1, 0.15) is 30.1 Å². The fourth-order valence-corrected chi connectivity index (χ4v) is 3.61. The van der Waals surface area contributed by atoms with Gasteiger partial charge in [-0.3, -0.25) is 4.79 Å². The Kier molecular flexibility index (Phi) is 4.69. The van der Waals surface area contributed by atoms with E-state index in [1.54, 1.807) is 0 Å². The van der Waals surface area contributed by atoms with Crippen LogP contribution in [0.5, 0.6) is 0 Å². The van der Waals surface area contributed by atoms with Crippen molar-refractivity contribution in [1.29, 1.82) is 0 Å². The van der Waals surface area contributed by atoms with Gasteiger partial charge in [-0.1, -0.05) is 31.9 Å². The number of rotatable bonds is 2. The molecule has 1 heterocycles. The van der Waals surface area contributed by atoms with Gasteiger partial charge in [0.05, 0.1) is 0 Å². The average molecular weight is 390 g/mol. The van der Waals surface area contributed by atoms with Crippen molar-refractivity contribution in [2.75, 3.05) is 20.1 Å². The number of carbonyl (C=O) groups is 1. The molecule has 1 aromatic rings. The van der Waals surface area contributed by atoms with E-state index in [-0.39, 0.29) is 11.4 Å². The van der Waals surface area contributed by atoms with E-state index in [1.807, 2.05) is 30.1 Å². The Balaban J connectivity index is 2.09. The summed E-state index contributed by atoms with van der Waals surface area (Å²) in [6, 6.07) is 5.68. The number of hydrogen-bond donors (Lipinski definition) is 1. The number of nitrogens with zero attached hydrogens (tertiary/aromatic N) is 1. The molecule has 0 unspecified atom stereocenters. The first-order valence-corrected chi connectivity index (χ1v) is 7.96. The molecular weight excluding hydrogens is 372 g/mol. The molecule has 1 aliphatic heterocycles. The summed E-state index contributed by atoms with van der Waals surface area (Å²) in [5.41, 5.74) is 0.892. The number of nitrogens with one attached hydrogen (secondary N) is 1. The highest BCUT2D eigenvalue weighted by molar-refractivity contribution is 9.11. The van der Waals surface area contributed by atoms with E-state index < -0.39 is 0 Å². The highest BCUT2D eigenvalue weighted by Crippen LogP contribution is 2.25. The lowest BCUT2D eigenvalue weighted by Gasteiger charge is -2.39. The summed E-state index contributed by atoms with van der Waals surface area (Å²) >= 11 is 6.85. The van der Waals surface area contributed by atoms with Gasteiger partial charge in [0.2, 0.25) is 0 Å². The van der Waals surface area contributed by atoms with Crippen LogP contribution in [0.2, 0.25) is 0 Å². The van der Waals surface area contributed by atoms with Crippen LogP contribution in [0.4, 0.5) is 0 Å². The maximum atomic E-state index is 12.5. The average Bonchev–Trinajstić information content (AvgIpc) is 2.38. The van der Waals surface area contributed by atoms with Gasteiger partial charge in [0.15, 0.2) is 0 Å². The van der Waals surface area contributed by atoms with Gasteiger partial charge < -0.3 is 10.2 Å². The Labute approximate surface area is 131 Å². The van der Waals surface area contributed by atoms with Crippen LogP contribution in [-0.2, 0) is 0 Å². The number of halogens is 2. The van der Waals surface area contributed by atoms with Gasteiger partial charge in [-0.2, -0.15) is 0 Å². The van der Waals surface area contributed by atoms with E-state index in [2.05, 4.69) is 44.1 Å². The molecule has 0 radical (unpaired) electrons. The summed E-state index contributed by atoms with van der Waals surface area (Å²) < 4.78 is 1.84. The van der Waals surface area contributed by atoms with Crippen molar-refractivity contribution < 1.29 is 4.79 Å². The smallest absolute Gasteiger partial charge is 0.253 e. The fourth-order valence-electron chi connectivity index (χ4n) is 2.31. The lowest BCUT2D eigenvalue weighted by atomic mass is 9.89. The minimum Gasteiger partial charge on any atom is -0.339 e. The third-order valence-electron chi connectivity index (χ3n) is 3.87. The molecule has 1 aliphatic rings. The normalized spacial score (nSPS) is 18.4. The van der Waals surface area contributed by atoms with Crippen LogP contribution in [0.15, 0.2) is 27.1 Å². The Hall–Kier alpha value is -0.390. The summed E-state index contributed by atoms with van der Waals surface area (Å²) in [7, 11) is 1.99. The molecule has 1 aromatic carbocycles. The Bertz CT molecular complexity index is 462.